The largest absolute Gasteiger partial charge is 0.497 e. The molecule has 1 aliphatic heterocycles. The number of hydrogen-bond acceptors (Lipinski definition) is 4. The molecule has 2 fully saturated rings. The fourth-order valence-electron chi connectivity index (χ4n) is 3.53. The number of aliphatic hydroxyl groups excluding tert-OH is 1. The fraction of sp³-hybridized carbons (Fsp3) is 0.562. The maximum absolute atomic E-state index is 13.8. The summed E-state index contributed by atoms with van der Waals surface area (Å²) < 4.78 is 18.9. The Morgan fingerprint density at radius 2 is 1.95 bits per heavy atom. The molecule has 122 valence electrons. The molecule has 22 heavy (non-hydrogen) atoms. The lowest BCUT2D eigenvalue weighted by molar-refractivity contribution is -0.122. The number of nitrogens with zero attached hydrogens (tertiary/aromatic N) is 1. The summed E-state index contributed by atoms with van der Waals surface area (Å²) in [5.74, 6) is 1.71. The summed E-state index contributed by atoms with van der Waals surface area (Å²) in [6.07, 6.45) is 1.69. The normalized spacial score (nSPS) is 27.0. The van der Waals surface area contributed by atoms with Gasteiger partial charge in [0.25, 0.3) is 6.47 Å². The summed E-state index contributed by atoms with van der Waals surface area (Å²) in [4.78, 5) is 10.7. The minimum absolute atomic E-state index is 0.120. The van der Waals surface area contributed by atoms with E-state index < -0.39 is 0 Å². The summed E-state index contributed by atoms with van der Waals surface area (Å²) in [5.41, 5.74) is 0.694. The average molecular weight is 311 g/mol. The van der Waals surface area contributed by atoms with Crippen LogP contribution in [0.2, 0.25) is 0 Å². The quantitative estimate of drug-likeness (QED) is 0.832. The van der Waals surface area contributed by atoms with E-state index in [-0.39, 0.29) is 18.4 Å². The van der Waals surface area contributed by atoms with Crippen molar-refractivity contribution in [2.24, 2.45) is 11.8 Å². The molecule has 1 aliphatic carbocycles. The van der Waals surface area contributed by atoms with Crippen LogP contribution < -0.4 is 4.74 Å². The highest BCUT2D eigenvalue weighted by Gasteiger charge is 2.40. The Morgan fingerprint density at radius 1 is 1.36 bits per heavy atom. The lowest BCUT2D eigenvalue weighted by Gasteiger charge is -2.18. The van der Waals surface area contributed by atoms with Crippen molar-refractivity contribution in [2.75, 3.05) is 20.2 Å². The van der Waals surface area contributed by atoms with Gasteiger partial charge in [0.2, 0.25) is 0 Å². The van der Waals surface area contributed by atoms with E-state index in [9.17, 15) is 9.50 Å². The number of ether oxygens (including phenoxy) is 1. The second-order valence-corrected chi connectivity index (χ2v) is 5.90. The summed E-state index contributed by atoms with van der Waals surface area (Å²) in [6.45, 7) is 2.32. The van der Waals surface area contributed by atoms with Crippen LogP contribution >= 0.6 is 0 Å². The van der Waals surface area contributed by atoms with Crippen LogP contribution in [0.15, 0.2) is 18.2 Å². The van der Waals surface area contributed by atoms with Crippen molar-refractivity contribution >= 4 is 6.47 Å². The molecule has 1 aromatic carbocycles. The van der Waals surface area contributed by atoms with E-state index in [0.717, 1.165) is 25.9 Å². The van der Waals surface area contributed by atoms with Crippen LogP contribution in [-0.4, -0.2) is 47.9 Å². The molecule has 1 aromatic rings. The van der Waals surface area contributed by atoms with E-state index >= 15 is 0 Å². The zero-order valence-corrected chi connectivity index (χ0v) is 12.6. The molecule has 3 atom stereocenters. The predicted octanol–water partition coefficient (Wildman–Crippen LogP) is 1.74. The first-order valence-corrected chi connectivity index (χ1v) is 7.38. The molecule has 0 amide bonds. The Kier molecular flexibility index (Phi) is 5.74. The van der Waals surface area contributed by atoms with Crippen molar-refractivity contribution in [3.63, 3.8) is 0 Å². The number of rotatable bonds is 3. The Bertz CT molecular complexity index is 497. The average Bonchev–Trinajstić information content (AvgIpc) is 2.98. The first-order chi connectivity index (χ1) is 10.6. The van der Waals surface area contributed by atoms with Crippen LogP contribution in [0.25, 0.3) is 0 Å². The minimum Gasteiger partial charge on any atom is -0.497 e. The standard InChI is InChI=1S/C15H20FNO2.CH2O2/c1-19-14-2-3-15(16)12(6-14)9-17-7-10-4-13(18)5-11(10)8-17;2-1-3/h2-3,6,10-11,13,18H,4-5,7-9H2,1H3;1H,(H,2,3)/t10-,11+,13?;. The first-order valence-electron chi connectivity index (χ1n) is 7.38. The number of fused-ring (bicyclic) bond motifs is 1. The highest BCUT2D eigenvalue weighted by Crippen LogP contribution is 2.38. The van der Waals surface area contributed by atoms with Crippen molar-refractivity contribution in [1.82, 2.24) is 4.90 Å². The number of benzene rings is 1. The smallest absolute Gasteiger partial charge is 0.290 e. The second kappa shape index (κ2) is 7.56. The molecule has 0 radical (unpaired) electrons. The van der Waals surface area contributed by atoms with Gasteiger partial charge in [-0.1, -0.05) is 0 Å². The van der Waals surface area contributed by atoms with E-state index in [2.05, 4.69) is 4.90 Å². The Hall–Kier alpha value is -1.66. The van der Waals surface area contributed by atoms with E-state index in [0.29, 0.717) is 29.7 Å². The number of halogens is 1. The predicted molar refractivity (Wildman–Crippen MR) is 79.1 cm³/mol. The molecule has 3 rings (SSSR count). The molecule has 1 unspecified atom stereocenters. The molecule has 0 spiro atoms. The number of hydrogen-bond donors (Lipinski definition) is 2. The van der Waals surface area contributed by atoms with Gasteiger partial charge in [-0.15, -0.1) is 0 Å². The lowest BCUT2D eigenvalue weighted by Crippen LogP contribution is -2.23. The number of carbonyl (C=O) groups is 1. The molecule has 2 N–H and O–H groups in total. The van der Waals surface area contributed by atoms with Crippen molar-refractivity contribution in [3.05, 3.63) is 29.6 Å². The van der Waals surface area contributed by atoms with Crippen LogP contribution in [0, 0.1) is 17.7 Å². The topological polar surface area (TPSA) is 70.0 Å². The van der Waals surface area contributed by atoms with E-state index in [1.54, 1.807) is 19.2 Å². The maximum atomic E-state index is 13.8. The van der Waals surface area contributed by atoms with Gasteiger partial charge in [-0.3, -0.25) is 9.69 Å². The summed E-state index contributed by atoms with van der Waals surface area (Å²) >= 11 is 0. The lowest BCUT2D eigenvalue weighted by atomic mass is 10.0. The number of aliphatic hydroxyl groups is 1. The Labute approximate surface area is 129 Å². The summed E-state index contributed by atoms with van der Waals surface area (Å²) in [5, 5.41) is 16.5. The molecule has 5 nitrogen and oxygen atoms in total. The van der Waals surface area contributed by atoms with Crippen molar-refractivity contribution < 1.29 is 24.1 Å². The van der Waals surface area contributed by atoms with Crippen LogP contribution in [0.4, 0.5) is 4.39 Å². The summed E-state index contributed by atoms with van der Waals surface area (Å²) in [6, 6.07) is 4.89. The Balaban J connectivity index is 0.000000545. The van der Waals surface area contributed by atoms with Gasteiger partial charge in [-0.05, 0) is 42.9 Å². The van der Waals surface area contributed by atoms with E-state index in [4.69, 9.17) is 14.6 Å². The Morgan fingerprint density at radius 3 is 2.50 bits per heavy atom. The minimum atomic E-state index is -0.250. The van der Waals surface area contributed by atoms with Gasteiger partial charge in [-0.25, -0.2) is 4.39 Å². The fourth-order valence-corrected chi connectivity index (χ4v) is 3.53. The second-order valence-electron chi connectivity index (χ2n) is 5.90. The number of carboxylic acid groups (broad SMARTS) is 1. The van der Waals surface area contributed by atoms with Crippen molar-refractivity contribution in [2.45, 2.75) is 25.5 Å². The number of methoxy groups -OCH3 is 1. The molecule has 0 bridgehead atoms. The van der Waals surface area contributed by atoms with Gasteiger partial charge in [0.05, 0.1) is 13.2 Å². The molecule has 6 heteroatoms. The molecule has 1 saturated carbocycles. The van der Waals surface area contributed by atoms with E-state index in [1.807, 2.05) is 0 Å². The van der Waals surface area contributed by atoms with Crippen LogP contribution in [0.5, 0.6) is 5.75 Å². The van der Waals surface area contributed by atoms with Crippen LogP contribution in [0.1, 0.15) is 18.4 Å². The van der Waals surface area contributed by atoms with Gasteiger partial charge >= 0.3 is 0 Å². The van der Waals surface area contributed by atoms with Crippen molar-refractivity contribution in [3.8, 4) is 5.75 Å². The molecule has 1 heterocycles. The molecule has 2 aliphatic rings. The maximum Gasteiger partial charge on any atom is 0.290 e. The third kappa shape index (κ3) is 3.96. The van der Waals surface area contributed by atoms with Gasteiger partial charge in [0.15, 0.2) is 0 Å². The summed E-state index contributed by atoms with van der Waals surface area (Å²) in [7, 11) is 1.60. The SMILES string of the molecule is COc1ccc(F)c(CN2C[C@H]3CC(O)C[C@H]3C2)c1.O=CO. The third-order valence-corrected chi connectivity index (χ3v) is 4.45. The third-order valence-electron chi connectivity index (χ3n) is 4.45. The zero-order valence-electron chi connectivity index (χ0n) is 12.6. The van der Waals surface area contributed by atoms with Gasteiger partial charge in [-0.2, -0.15) is 0 Å². The number of likely N-dealkylation sites (tertiary alicyclic amines) is 1. The van der Waals surface area contributed by atoms with Crippen molar-refractivity contribution in [1.29, 1.82) is 0 Å². The van der Waals surface area contributed by atoms with E-state index in [1.165, 1.54) is 6.07 Å². The van der Waals surface area contributed by atoms with Gasteiger partial charge in [0.1, 0.15) is 11.6 Å². The molecule has 0 aromatic heterocycles. The molecular formula is C16H22FNO4. The van der Waals surface area contributed by atoms with Gasteiger partial charge in [0, 0.05) is 25.2 Å². The monoisotopic (exact) mass is 311 g/mol. The van der Waals surface area contributed by atoms with Crippen LogP contribution in [-0.2, 0) is 11.3 Å². The van der Waals surface area contributed by atoms with Gasteiger partial charge < -0.3 is 14.9 Å². The highest BCUT2D eigenvalue weighted by molar-refractivity contribution is 5.32. The van der Waals surface area contributed by atoms with Crippen LogP contribution in [0.3, 0.4) is 0 Å². The zero-order chi connectivity index (χ0) is 16.1. The highest BCUT2D eigenvalue weighted by atomic mass is 19.1. The molecule has 1 saturated heterocycles. The first kappa shape index (κ1) is 16.7. The molecular weight excluding hydrogens is 289 g/mol.